The van der Waals surface area contributed by atoms with Crippen LogP contribution >= 0.6 is 0 Å². The van der Waals surface area contributed by atoms with E-state index in [9.17, 15) is 23.6 Å². The van der Waals surface area contributed by atoms with Crippen molar-refractivity contribution in [2.75, 3.05) is 13.7 Å². The Morgan fingerprint density at radius 1 is 1.09 bits per heavy atom. The maximum atomic E-state index is 13.6. The van der Waals surface area contributed by atoms with Crippen LogP contribution in [0.4, 0.5) is 4.39 Å². The van der Waals surface area contributed by atoms with Gasteiger partial charge in [-0.05, 0) is 51.0 Å². The first-order valence-corrected chi connectivity index (χ1v) is 11.0. The van der Waals surface area contributed by atoms with Crippen molar-refractivity contribution in [3.63, 3.8) is 0 Å². The van der Waals surface area contributed by atoms with Crippen LogP contribution in [-0.2, 0) is 32.7 Å². The predicted molar refractivity (Wildman–Crippen MR) is 123 cm³/mol. The molecule has 1 amide bonds. The molecule has 1 heterocycles. The number of benzene rings is 1. The molecule has 184 valence electrons. The van der Waals surface area contributed by atoms with Gasteiger partial charge in [0, 0.05) is 31.3 Å². The van der Waals surface area contributed by atoms with Gasteiger partial charge in [0.15, 0.2) is 5.78 Å². The second-order valence-electron chi connectivity index (χ2n) is 7.98. The van der Waals surface area contributed by atoms with Crippen molar-refractivity contribution in [3.8, 4) is 0 Å². The molecule has 0 aliphatic heterocycles. The lowest BCUT2D eigenvalue weighted by atomic mass is 9.99. The molecular weight excluding hydrogens is 443 g/mol. The highest BCUT2D eigenvalue weighted by molar-refractivity contribution is 6.06. The summed E-state index contributed by atoms with van der Waals surface area (Å²) in [5.74, 6) is -2.26. The Labute approximate surface area is 198 Å². The van der Waals surface area contributed by atoms with E-state index in [0.29, 0.717) is 22.4 Å². The second-order valence-corrected chi connectivity index (χ2v) is 7.98. The number of carbonyl (C=O) groups is 4. The van der Waals surface area contributed by atoms with Gasteiger partial charge < -0.3 is 18.9 Å². The average Bonchev–Trinajstić information content (AvgIpc) is 3.03. The van der Waals surface area contributed by atoms with Crippen molar-refractivity contribution in [3.05, 3.63) is 58.2 Å². The third-order valence-corrected chi connectivity index (χ3v) is 5.84. The lowest BCUT2D eigenvalue weighted by molar-refractivity contribution is -0.146. The molecule has 0 radical (unpaired) electrons. The summed E-state index contributed by atoms with van der Waals surface area (Å²) in [6.45, 7) is 6.89. The van der Waals surface area contributed by atoms with Gasteiger partial charge in [-0.25, -0.2) is 9.18 Å². The summed E-state index contributed by atoms with van der Waals surface area (Å²) in [5, 5.41) is 0. The molecule has 0 aliphatic carbocycles. The maximum absolute atomic E-state index is 13.6. The van der Waals surface area contributed by atoms with Crippen LogP contribution in [0.2, 0.25) is 0 Å². The van der Waals surface area contributed by atoms with Gasteiger partial charge in [0.25, 0.3) is 0 Å². The second kappa shape index (κ2) is 11.6. The number of rotatable bonds is 10. The zero-order valence-corrected chi connectivity index (χ0v) is 20.4. The number of carbonyl (C=O) groups excluding carboxylic acids is 4. The minimum Gasteiger partial charge on any atom is -0.466 e. The normalized spacial score (nSPS) is 11.6. The number of ether oxygens (including phenoxy) is 2. The third-order valence-electron chi connectivity index (χ3n) is 5.84. The summed E-state index contributed by atoms with van der Waals surface area (Å²) in [4.78, 5) is 52.0. The van der Waals surface area contributed by atoms with Crippen LogP contribution in [0, 0.1) is 19.7 Å². The minimum absolute atomic E-state index is 0.0453. The van der Waals surface area contributed by atoms with E-state index in [1.807, 2.05) is 0 Å². The Morgan fingerprint density at radius 3 is 2.26 bits per heavy atom. The number of esters is 2. The molecule has 2 aromatic rings. The fraction of sp³-hybridized carbons (Fsp3) is 0.440. The van der Waals surface area contributed by atoms with E-state index in [0.717, 1.165) is 0 Å². The Hall–Kier alpha value is -3.49. The number of aromatic nitrogens is 1. The van der Waals surface area contributed by atoms with E-state index >= 15 is 0 Å². The molecule has 0 saturated carbocycles. The molecule has 1 unspecified atom stereocenters. The van der Waals surface area contributed by atoms with Crippen molar-refractivity contribution in [2.24, 2.45) is 7.05 Å². The van der Waals surface area contributed by atoms with Crippen molar-refractivity contribution in [1.29, 1.82) is 0 Å². The number of ketones is 1. The summed E-state index contributed by atoms with van der Waals surface area (Å²) < 4.78 is 24.7. The highest BCUT2D eigenvalue weighted by Gasteiger charge is 2.32. The lowest BCUT2D eigenvalue weighted by Crippen LogP contribution is -2.43. The Morgan fingerprint density at radius 2 is 1.71 bits per heavy atom. The van der Waals surface area contributed by atoms with Crippen LogP contribution in [0.1, 0.15) is 64.4 Å². The van der Waals surface area contributed by atoms with E-state index in [4.69, 9.17) is 9.47 Å². The van der Waals surface area contributed by atoms with E-state index in [1.165, 1.54) is 36.3 Å². The van der Waals surface area contributed by atoms with Crippen molar-refractivity contribution in [1.82, 2.24) is 9.47 Å². The molecule has 1 aromatic heterocycles. The van der Waals surface area contributed by atoms with E-state index in [1.54, 1.807) is 39.3 Å². The molecule has 9 heteroatoms. The molecule has 0 aliphatic rings. The number of amides is 1. The van der Waals surface area contributed by atoms with Crippen molar-refractivity contribution in [2.45, 2.75) is 53.1 Å². The molecule has 8 nitrogen and oxygen atoms in total. The Kier molecular flexibility index (Phi) is 9.11. The molecule has 0 bridgehead atoms. The fourth-order valence-electron chi connectivity index (χ4n) is 3.89. The summed E-state index contributed by atoms with van der Waals surface area (Å²) >= 11 is 0. The maximum Gasteiger partial charge on any atom is 0.354 e. The molecule has 0 spiro atoms. The van der Waals surface area contributed by atoms with Gasteiger partial charge in [-0.1, -0.05) is 12.1 Å². The Bertz CT molecular complexity index is 1070. The highest BCUT2D eigenvalue weighted by atomic mass is 19.1. The fourth-order valence-corrected chi connectivity index (χ4v) is 3.89. The van der Waals surface area contributed by atoms with E-state index < -0.39 is 29.7 Å². The van der Waals surface area contributed by atoms with Crippen molar-refractivity contribution < 1.29 is 33.0 Å². The summed E-state index contributed by atoms with van der Waals surface area (Å²) in [5.41, 5.74) is 2.24. The third kappa shape index (κ3) is 5.89. The zero-order valence-electron chi connectivity index (χ0n) is 20.4. The minimum atomic E-state index is -0.912. The molecule has 2 rings (SSSR count). The lowest BCUT2D eigenvalue weighted by Gasteiger charge is -2.29. The standard InChI is InChI=1S/C25H31FN2O6/c1-7-34-21(30)13-12-20(29)28(14-18-8-10-19(26)11-9-18)17(4)24(31)22-15(2)23(25(32)33-6)27(5)16(22)3/h8-11,17H,7,12-14H2,1-6H3. The predicted octanol–water partition coefficient (Wildman–Crippen LogP) is 3.51. The van der Waals surface area contributed by atoms with Crippen LogP contribution in [0.3, 0.4) is 0 Å². The van der Waals surface area contributed by atoms with Gasteiger partial charge in [0.2, 0.25) is 5.91 Å². The largest absolute Gasteiger partial charge is 0.466 e. The summed E-state index contributed by atoms with van der Waals surface area (Å²) in [6.07, 6.45) is -0.263. The zero-order chi connectivity index (χ0) is 25.6. The van der Waals surface area contributed by atoms with Gasteiger partial charge in [0.1, 0.15) is 11.5 Å². The SMILES string of the molecule is CCOC(=O)CCC(=O)N(Cc1ccc(F)cc1)C(C)C(=O)c1c(C)c(C(=O)OC)n(C)c1C. The number of nitrogens with zero attached hydrogens (tertiary/aromatic N) is 2. The molecule has 0 saturated heterocycles. The first-order chi connectivity index (χ1) is 16.0. The molecule has 1 aromatic carbocycles. The van der Waals surface area contributed by atoms with Crippen LogP contribution in [0.25, 0.3) is 0 Å². The highest BCUT2D eigenvalue weighted by Crippen LogP contribution is 2.25. The number of methoxy groups -OCH3 is 1. The van der Waals surface area contributed by atoms with Gasteiger partial charge in [-0.15, -0.1) is 0 Å². The average molecular weight is 475 g/mol. The van der Waals surface area contributed by atoms with Crippen LogP contribution in [-0.4, -0.2) is 52.9 Å². The van der Waals surface area contributed by atoms with Crippen LogP contribution in [0.5, 0.6) is 0 Å². The molecule has 0 N–H and O–H groups in total. The first kappa shape index (κ1) is 26.8. The molecule has 34 heavy (non-hydrogen) atoms. The summed E-state index contributed by atoms with van der Waals surface area (Å²) in [6, 6.07) is 4.71. The van der Waals surface area contributed by atoms with Crippen molar-refractivity contribution >= 4 is 23.6 Å². The van der Waals surface area contributed by atoms with Gasteiger partial charge in [-0.3, -0.25) is 14.4 Å². The van der Waals surface area contributed by atoms with E-state index in [2.05, 4.69) is 0 Å². The quantitative estimate of drug-likeness (QED) is 0.386. The summed E-state index contributed by atoms with van der Waals surface area (Å²) in [7, 11) is 2.93. The Balaban J connectivity index is 2.40. The molecular formula is C25H31FN2O6. The monoisotopic (exact) mass is 474 g/mol. The molecule has 0 fully saturated rings. The van der Waals surface area contributed by atoms with E-state index in [-0.39, 0.29) is 37.5 Å². The number of hydrogen-bond donors (Lipinski definition) is 0. The number of halogens is 1. The smallest absolute Gasteiger partial charge is 0.354 e. The molecule has 1 atom stereocenters. The number of hydrogen-bond acceptors (Lipinski definition) is 6. The number of Topliss-reactive ketones (excluding diaryl/α,β-unsaturated/α-hetero) is 1. The first-order valence-electron chi connectivity index (χ1n) is 11.0. The van der Waals surface area contributed by atoms with Gasteiger partial charge in [0.05, 0.1) is 26.2 Å². The van der Waals surface area contributed by atoms with Gasteiger partial charge >= 0.3 is 11.9 Å². The van der Waals surface area contributed by atoms with Crippen LogP contribution in [0.15, 0.2) is 24.3 Å². The van der Waals surface area contributed by atoms with Crippen LogP contribution < -0.4 is 0 Å². The topological polar surface area (TPSA) is 94.9 Å². The van der Waals surface area contributed by atoms with Gasteiger partial charge in [-0.2, -0.15) is 0 Å².